The lowest BCUT2D eigenvalue weighted by Crippen LogP contribution is -2.39. The van der Waals surface area contributed by atoms with Crippen molar-refractivity contribution in [2.75, 3.05) is 6.54 Å². The fourth-order valence-corrected chi connectivity index (χ4v) is 4.19. The molecule has 0 bridgehead atoms. The lowest BCUT2D eigenvalue weighted by Gasteiger charge is -2.28. The van der Waals surface area contributed by atoms with Gasteiger partial charge in [0.15, 0.2) is 5.82 Å². The van der Waals surface area contributed by atoms with Crippen LogP contribution < -0.4 is 0 Å². The van der Waals surface area contributed by atoms with Crippen molar-refractivity contribution in [2.45, 2.75) is 33.0 Å². The van der Waals surface area contributed by atoms with Crippen molar-refractivity contribution in [2.24, 2.45) is 0 Å². The number of benzene rings is 2. The summed E-state index contributed by atoms with van der Waals surface area (Å²) in [5, 5.41) is 8.48. The normalized spacial score (nSPS) is 13.2. The first-order chi connectivity index (χ1) is 15.6. The molecule has 0 spiro atoms. The average Bonchev–Trinajstić information content (AvgIpc) is 3.46. The molecule has 0 saturated carbocycles. The third-order valence-corrected chi connectivity index (χ3v) is 5.88. The average molecular weight is 430 g/mol. The molecule has 1 aliphatic heterocycles. The monoisotopic (exact) mass is 430 g/mol. The summed E-state index contributed by atoms with van der Waals surface area (Å²) in [4.78, 5) is 19.4. The van der Waals surface area contributed by atoms with Gasteiger partial charge in [0, 0.05) is 26.1 Å². The first-order valence-corrected chi connectivity index (χ1v) is 10.7. The van der Waals surface area contributed by atoms with Gasteiger partial charge in [0.2, 0.25) is 0 Å². The molecule has 0 unspecified atom stereocenters. The van der Waals surface area contributed by atoms with E-state index in [1.165, 1.54) is 12.1 Å². The minimum atomic E-state index is -0.267. The van der Waals surface area contributed by atoms with Gasteiger partial charge in [-0.2, -0.15) is 0 Å². The van der Waals surface area contributed by atoms with Gasteiger partial charge < -0.3 is 14.0 Å². The molecule has 3 heterocycles. The SMILES string of the molecule is CCc1nnc2n1CCN(C(=O)c1cncn1Cc1ccccc1-c1ccc(F)cc1)C2. The van der Waals surface area contributed by atoms with Gasteiger partial charge in [-0.1, -0.05) is 43.3 Å². The smallest absolute Gasteiger partial charge is 0.272 e. The van der Waals surface area contributed by atoms with E-state index in [-0.39, 0.29) is 11.7 Å². The third-order valence-electron chi connectivity index (χ3n) is 5.88. The van der Waals surface area contributed by atoms with Gasteiger partial charge in [0.1, 0.15) is 17.3 Å². The number of nitrogens with zero attached hydrogens (tertiary/aromatic N) is 6. The maximum absolute atomic E-state index is 13.4. The van der Waals surface area contributed by atoms with Crippen LogP contribution in [0, 0.1) is 5.82 Å². The molecular weight excluding hydrogens is 407 g/mol. The summed E-state index contributed by atoms with van der Waals surface area (Å²) in [6.07, 6.45) is 4.11. The number of carbonyl (C=O) groups excluding carboxylic acids is 1. The van der Waals surface area contributed by atoms with E-state index in [0.29, 0.717) is 31.9 Å². The quantitative estimate of drug-likeness (QED) is 0.486. The Kier molecular flexibility index (Phi) is 5.26. The Bertz CT molecular complexity index is 1260. The fraction of sp³-hybridized carbons (Fsp3) is 0.250. The van der Waals surface area contributed by atoms with Crippen molar-refractivity contribution < 1.29 is 9.18 Å². The van der Waals surface area contributed by atoms with Crippen LogP contribution in [0.1, 0.15) is 34.6 Å². The highest BCUT2D eigenvalue weighted by molar-refractivity contribution is 5.92. The van der Waals surface area contributed by atoms with Crippen LogP contribution in [0.2, 0.25) is 0 Å². The van der Waals surface area contributed by atoms with Gasteiger partial charge in [-0.25, -0.2) is 9.37 Å². The predicted molar refractivity (Wildman–Crippen MR) is 117 cm³/mol. The maximum atomic E-state index is 13.4. The molecule has 0 N–H and O–H groups in total. The number of hydrogen-bond acceptors (Lipinski definition) is 4. The van der Waals surface area contributed by atoms with Crippen LogP contribution in [0.3, 0.4) is 0 Å². The molecule has 1 aliphatic rings. The highest BCUT2D eigenvalue weighted by Crippen LogP contribution is 2.25. The number of fused-ring (bicyclic) bond motifs is 1. The maximum Gasteiger partial charge on any atom is 0.272 e. The Morgan fingerprint density at radius 3 is 2.69 bits per heavy atom. The van der Waals surface area contributed by atoms with Crippen molar-refractivity contribution in [1.82, 2.24) is 29.2 Å². The zero-order chi connectivity index (χ0) is 22.1. The number of halogens is 1. The molecule has 1 amide bonds. The van der Waals surface area contributed by atoms with Crippen molar-refractivity contribution in [3.63, 3.8) is 0 Å². The molecule has 0 saturated heterocycles. The molecule has 162 valence electrons. The zero-order valence-corrected chi connectivity index (χ0v) is 17.8. The molecule has 2 aromatic heterocycles. The number of aromatic nitrogens is 5. The third kappa shape index (κ3) is 3.68. The van der Waals surface area contributed by atoms with Gasteiger partial charge in [-0.05, 0) is 28.8 Å². The topological polar surface area (TPSA) is 68.8 Å². The number of carbonyl (C=O) groups is 1. The summed E-state index contributed by atoms with van der Waals surface area (Å²) in [5.74, 6) is 1.43. The van der Waals surface area contributed by atoms with Crippen molar-refractivity contribution in [3.8, 4) is 11.1 Å². The number of imidazole rings is 1. The zero-order valence-electron chi connectivity index (χ0n) is 17.8. The summed E-state index contributed by atoms with van der Waals surface area (Å²) in [5.41, 5.74) is 3.48. The van der Waals surface area contributed by atoms with Crippen LogP contribution in [-0.2, 0) is 26.1 Å². The van der Waals surface area contributed by atoms with E-state index in [1.54, 1.807) is 29.6 Å². The first-order valence-electron chi connectivity index (χ1n) is 10.7. The van der Waals surface area contributed by atoms with E-state index in [1.807, 2.05) is 28.8 Å². The molecule has 0 fully saturated rings. The van der Waals surface area contributed by atoms with Crippen LogP contribution >= 0.6 is 0 Å². The van der Waals surface area contributed by atoms with Crippen molar-refractivity contribution in [3.05, 3.63) is 89.8 Å². The lowest BCUT2D eigenvalue weighted by molar-refractivity contribution is 0.0696. The van der Waals surface area contributed by atoms with Crippen LogP contribution in [0.15, 0.2) is 61.1 Å². The van der Waals surface area contributed by atoms with Gasteiger partial charge >= 0.3 is 0 Å². The molecule has 0 aliphatic carbocycles. The Hall–Kier alpha value is -3.81. The summed E-state index contributed by atoms with van der Waals surface area (Å²) in [7, 11) is 0. The second kappa shape index (κ2) is 8.37. The lowest BCUT2D eigenvalue weighted by atomic mass is 9.99. The summed E-state index contributed by atoms with van der Waals surface area (Å²) >= 11 is 0. The van der Waals surface area contributed by atoms with E-state index >= 15 is 0 Å². The molecule has 7 nitrogen and oxygen atoms in total. The Labute approximate surface area is 185 Å². The second-order valence-corrected chi connectivity index (χ2v) is 7.84. The van der Waals surface area contributed by atoms with E-state index in [2.05, 4.69) is 26.7 Å². The van der Waals surface area contributed by atoms with Crippen LogP contribution in [0.25, 0.3) is 11.1 Å². The van der Waals surface area contributed by atoms with Crippen molar-refractivity contribution >= 4 is 5.91 Å². The van der Waals surface area contributed by atoms with Crippen molar-refractivity contribution in [1.29, 1.82) is 0 Å². The molecule has 8 heteroatoms. The molecular formula is C24H23FN6O. The Morgan fingerprint density at radius 2 is 1.88 bits per heavy atom. The molecule has 2 aromatic carbocycles. The van der Waals surface area contributed by atoms with Gasteiger partial charge in [-0.15, -0.1) is 10.2 Å². The fourth-order valence-electron chi connectivity index (χ4n) is 4.19. The summed E-state index contributed by atoms with van der Waals surface area (Å²) < 4.78 is 17.3. The molecule has 5 rings (SSSR count). The van der Waals surface area contributed by atoms with Gasteiger partial charge in [0.05, 0.1) is 19.1 Å². The van der Waals surface area contributed by atoms with E-state index < -0.39 is 0 Å². The summed E-state index contributed by atoms with van der Waals surface area (Å²) in [6, 6.07) is 14.4. The van der Waals surface area contributed by atoms with Crippen LogP contribution in [0.4, 0.5) is 4.39 Å². The number of hydrogen-bond donors (Lipinski definition) is 0. The largest absolute Gasteiger partial charge is 0.328 e. The van der Waals surface area contributed by atoms with E-state index in [4.69, 9.17) is 0 Å². The van der Waals surface area contributed by atoms with Gasteiger partial charge in [0.25, 0.3) is 5.91 Å². The first kappa shape index (κ1) is 20.1. The summed E-state index contributed by atoms with van der Waals surface area (Å²) in [6.45, 7) is 4.27. The Morgan fingerprint density at radius 1 is 1.06 bits per heavy atom. The van der Waals surface area contributed by atoms with E-state index in [0.717, 1.165) is 34.8 Å². The molecule has 32 heavy (non-hydrogen) atoms. The predicted octanol–water partition coefficient (Wildman–Crippen LogP) is 3.55. The van der Waals surface area contributed by atoms with Crippen LogP contribution in [-0.4, -0.2) is 41.7 Å². The Balaban J connectivity index is 1.39. The van der Waals surface area contributed by atoms with E-state index in [9.17, 15) is 9.18 Å². The van der Waals surface area contributed by atoms with Gasteiger partial charge in [-0.3, -0.25) is 4.79 Å². The number of amides is 1. The second-order valence-electron chi connectivity index (χ2n) is 7.84. The molecule has 0 atom stereocenters. The molecule has 0 radical (unpaired) electrons. The van der Waals surface area contributed by atoms with Crippen LogP contribution in [0.5, 0.6) is 0 Å². The minimum absolute atomic E-state index is 0.0749. The minimum Gasteiger partial charge on any atom is -0.328 e. The standard InChI is InChI=1S/C24H23FN6O/c1-2-22-27-28-23-15-29(11-12-31(22)23)24(32)21-13-26-16-30(21)14-18-5-3-4-6-20(18)17-7-9-19(25)10-8-17/h3-10,13,16H,2,11-12,14-15H2,1H3. The molecule has 4 aromatic rings. The highest BCUT2D eigenvalue weighted by Gasteiger charge is 2.26. The number of aryl methyl sites for hydroxylation is 1. The highest BCUT2D eigenvalue weighted by atomic mass is 19.1. The number of rotatable bonds is 5.